The number of nitrogens with zero attached hydrogens (tertiary/aromatic N) is 2. The summed E-state index contributed by atoms with van der Waals surface area (Å²) in [5, 5.41) is 4.81. The maximum Gasteiger partial charge on any atom is 0.263 e. The standard InChI is InChI=1S/C24H24N4O4S2/c29-22(11-6-18-4-2-1-3-5-18)28-15-12-19(13-16-28)23(30)26-20-7-9-21(10-8-20)34(31,32)27-24-25-14-17-33-24/h1-11,14,17,19H,12-13,15-16H2,(H,25,27)(H,26,30). The monoisotopic (exact) mass is 496 g/mol. The molecule has 0 saturated carbocycles. The lowest BCUT2D eigenvalue weighted by atomic mass is 9.95. The van der Waals surface area contributed by atoms with Crippen molar-refractivity contribution >= 4 is 50.1 Å². The SMILES string of the molecule is O=C(Nc1ccc(S(=O)(=O)Nc2nccs2)cc1)C1CCN(C(=O)C=Cc2ccccc2)CC1. The number of amides is 2. The molecule has 0 bridgehead atoms. The predicted octanol–water partition coefficient (Wildman–Crippen LogP) is 3.83. The van der Waals surface area contributed by atoms with Crippen LogP contribution >= 0.6 is 11.3 Å². The van der Waals surface area contributed by atoms with Gasteiger partial charge in [-0.25, -0.2) is 13.4 Å². The Morgan fingerprint density at radius 1 is 1.03 bits per heavy atom. The number of piperidine rings is 1. The topological polar surface area (TPSA) is 108 Å². The molecule has 1 aromatic heterocycles. The fraction of sp³-hybridized carbons (Fsp3) is 0.208. The normalized spacial score (nSPS) is 14.8. The molecule has 2 aromatic carbocycles. The first-order valence-electron chi connectivity index (χ1n) is 10.8. The average Bonchev–Trinajstić information content (AvgIpc) is 3.36. The van der Waals surface area contributed by atoms with E-state index in [1.807, 2.05) is 30.3 Å². The van der Waals surface area contributed by atoms with Gasteiger partial charge < -0.3 is 10.2 Å². The third-order valence-corrected chi connectivity index (χ3v) is 7.65. The first-order valence-corrected chi connectivity index (χ1v) is 13.1. The fourth-order valence-corrected chi connectivity index (χ4v) is 5.40. The Kier molecular flexibility index (Phi) is 7.39. The van der Waals surface area contributed by atoms with Gasteiger partial charge in [-0.05, 0) is 48.7 Å². The number of nitrogens with one attached hydrogen (secondary N) is 2. The number of rotatable bonds is 7. The van der Waals surface area contributed by atoms with Crippen molar-refractivity contribution in [2.24, 2.45) is 5.92 Å². The van der Waals surface area contributed by atoms with Gasteiger partial charge in [0.25, 0.3) is 10.0 Å². The molecule has 34 heavy (non-hydrogen) atoms. The Morgan fingerprint density at radius 3 is 2.38 bits per heavy atom. The van der Waals surface area contributed by atoms with Crippen LogP contribution in [0.1, 0.15) is 18.4 Å². The summed E-state index contributed by atoms with van der Waals surface area (Å²) in [5.41, 5.74) is 1.48. The third kappa shape index (κ3) is 6.09. The molecule has 0 atom stereocenters. The number of benzene rings is 2. The molecule has 4 rings (SSSR count). The van der Waals surface area contributed by atoms with E-state index in [4.69, 9.17) is 0 Å². The zero-order valence-electron chi connectivity index (χ0n) is 18.3. The minimum Gasteiger partial charge on any atom is -0.339 e. The maximum absolute atomic E-state index is 12.7. The molecule has 2 N–H and O–H groups in total. The number of anilines is 2. The summed E-state index contributed by atoms with van der Waals surface area (Å²) in [6, 6.07) is 15.6. The lowest BCUT2D eigenvalue weighted by Gasteiger charge is -2.30. The molecule has 0 spiro atoms. The second-order valence-electron chi connectivity index (χ2n) is 7.80. The third-order valence-electron chi connectivity index (χ3n) is 5.48. The van der Waals surface area contributed by atoms with Gasteiger partial charge in [0.1, 0.15) is 0 Å². The van der Waals surface area contributed by atoms with E-state index in [1.54, 1.807) is 34.6 Å². The number of likely N-dealkylation sites (tertiary alicyclic amines) is 1. The molecule has 2 heterocycles. The number of aromatic nitrogens is 1. The van der Waals surface area contributed by atoms with E-state index in [0.717, 1.165) is 5.56 Å². The highest BCUT2D eigenvalue weighted by atomic mass is 32.2. The van der Waals surface area contributed by atoms with Crippen molar-refractivity contribution in [3.63, 3.8) is 0 Å². The summed E-state index contributed by atoms with van der Waals surface area (Å²) in [6.07, 6.45) is 6.01. The lowest BCUT2D eigenvalue weighted by molar-refractivity contribution is -0.130. The van der Waals surface area contributed by atoms with Crippen LogP contribution < -0.4 is 10.0 Å². The Morgan fingerprint density at radius 2 is 1.74 bits per heavy atom. The molecule has 176 valence electrons. The number of carbonyl (C=O) groups is 2. The summed E-state index contributed by atoms with van der Waals surface area (Å²) in [7, 11) is -3.74. The van der Waals surface area contributed by atoms with Gasteiger partial charge in [-0.2, -0.15) is 0 Å². The minimum atomic E-state index is -3.74. The van der Waals surface area contributed by atoms with Crippen LogP contribution in [-0.2, 0) is 19.6 Å². The molecule has 1 aliphatic heterocycles. The van der Waals surface area contributed by atoms with Crippen LogP contribution in [-0.4, -0.2) is 43.2 Å². The Bertz CT molecular complexity index is 1250. The predicted molar refractivity (Wildman–Crippen MR) is 133 cm³/mol. The largest absolute Gasteiger partial charge is 0.339 e. The van der Waals surface area contributed by atoms with Crippen molar-refractivity contribution in [1.29, 1.82) is 0 Å². The van der Waals surface area contributed by atoms with Crippen LogP contribution in [0.5, 0.6) is 0 Å². The zero-order valence-corrected chi connectivity index (χ0v) is 19.9. The summed E-state index contributed by atoms with van der Waals surface area (Å²) in [6.45, 7) is 1.02. The molecule has 0 aliphatic carbocycles. The number of thiazole rings is 1. The van der Waals surface area contributed by atoms with Crippen molar-refractivity contribution in [3.8, 4) is 0 Å². The van der Waals surface area contributed by atoms with Crippen LogP contribution in [0, 0.1) is 5.92 Å². The van der Waals surface area contributed by atoms with E-state index >= 15 is 0 Å². The lowest BCUT2D eigenvalue weighted by Crippen LogP contribution is -2.40. The highest BCUT2D eigenvalue weighted by Gasteiger charge is 2.26. The molecule has 0 unspecified atom stereocenters. The number of hydrogen-bond acceptors (Lipinski definition) is 6. The molecule has 8 nitrogen and oxygen atoms in total. The number of hydrogen-bond donors (Lipinski definition) is 2. The van der Waals surface area contributed by atoms with Gasteiger partial charge in [-0.15, -0.1) is 11.3 Å². The molecule has 2 amide bonds. The van der Waals surface area contributed by atoms with E-state index in [2.05, 4.69) is 15.0 Å². The van der Waals surface area contributed by atoms with Gasteiger partial charge in [0.2, 0.25) is 11.8 Å². The quantitative estimate of drug-likeness (QED) is 0.483. The summed E-state index contributed by atoms with van der Waals surface area (Å²) >= 11 is 1.19. The van der Waals surface area contributed by atoms with Crippen LogP contribution in [0.25, 0.3) is 6.08 Å². The molecule has 10 heteroatoms. The van der Waals surface area contributed by atoms with E-state index in [-0.39, 0.29) is 27.8 Å². The maximum atomic E-state index is 12.7. The van der Waals surface area contributed by atoms with Crippen LogP contribution in [0.3, 0.4) is 0 Å². The van der Waals surface area contributed by atoms with Gasteiger partial charge in [-0.1, -0.05) is 30.3 Å². The van der Waals surface area contributed by atoms with Gasteiger partial charge in [0.15, 0.2) is 5.13 Å². The Labute approximate surface area is 202 Å². The van der Waals surface area contributed by atoms with Gasteiger partial charge >= 0.3 is 0 Å². The fourth-order valence-electron chi connectivity index (χ4n) is 3.61. The molecular formula is C24H24N4O4S2. The van der Waals surface area contributed by atoms with Crippen molar-refractivity contribution < 1.29 is 18.0 Å². The molecule has 3 aromatic rings. The van der Waals surface area contributed by atoms with Crippen LogP contribution in [0.4, 0.5) is 10.8 Å². The summed E-state index contributed by atoms with van der Waals surface area (Å²) in [4.78, 5) is 30.9. The van der Waals surface area contributed by atoms with E-state index < -0.39 is 10.0 Å². The summed E-state index contributed by atoms with van der Waals surface area (Å²) in [5.74, 6) is -0.411. The van der Waals surface area contributed by atoms with Crippen molar-refractivity contribution in [2.45, 2.75) is 17.7 Å². The van der Waals surface area contributed by atoms with Crippen molar-refractivity contribution in [3.05, 3.63) is 77.8 Å². The first-order chi connectivity index (χ1) is 16.4. The molecular weight excluding hydrogens is 472 g/mol. The zero-order chi connectivity index (χ0) is 24.0. The minimum absolute atomic E-state index is 0.0640. The van der Waals surface area contributed by atoms with Gasteiger partial charge in [-0.3, -0.25) is 14.3 Å². The first kappa shape index (κ1) is 23.7. The highest BCUT2D eigenvalue weighted by Crippen LogP contribution is 2.22. The molecule has 1 saturated heterocycles. The second-order valence-corrected chi connectivity index (χ2v) is 10.4. The van der Waals surface area contributed by atoms with E-state index in [1.165, 1.54) is 29.7 Å². The molecule has 0 radical (unpaired) electrons. The smallest absolute Gasteiger partial charge is 0.263 e. The van der Waals surface area contributed by atoms with Crippen LogP contribution in [0.2, 0.25) is 0 Å². The number of sulfonamides is 1. The molecule has 1 fully saturated rings. The number of carbonyl (C=O) groups excluding carboxylic acids is 2. The highest BCUT2D eigenvalue weighted by molar-refractivity contribution is 7.93. The van der Waals surface area contributed by atoms with E-state index in [9.17, 15) is 18.0 Å². The van der Waals surface area contributed by atoms with Crippen molar-refractivity contribution in [1.82, 2.24) is 9.88 Å². The van der Waals surface area contributed by atoms with Gasteiger partial charge in [0.05, 0.1) is 4.90 Å². The van der Waals surface area contributed by atoms with Gasteiger partial charge in [0, 0.05) is 42.3 Å². The Balaban J connectivity index is 1.27. The summed E-state index contributed by atoms with van der Waals surface area (Å²) < 4.78 is 27.3. The van der Waals surface area contributed by atoms with Crippen LogP contribution in [0.15, 0.2) is 77.1 Å². The Hall–Kier alpha value is -3.50. The van der Waals surface area contributed by atoms with E-state index in [0.29, 0.717) is 31.6 Å². The molecule has 1 aliphatic rings. The average molecular weight is 497 g/mol. The van der Waals surface area contributed by atoms with Crippen molar-refractivity contribution in [2.75, 3.05) is 23.1 Å². The second kappa shape index (κ2) is 10.6.